The Hall–Kier alpha value is -0.910. The summed E-state index contributed by atoms with van der Waals surface area (Å²) in [5.41, 5.74) is 0.735. The molecule has 0 aliphatic carbocycles. The largest absolute Gasteiger partial charge is 0.487 e. The van der Waals surface area contributed by atoms with E-state index in [4.69, 9.17) is 55.9 Å². The van der Waals surface area contributed by atoms with Crippen LogP contribution in [0.4, 0.5) is 0 Å². The van der Waals surface area contributed by atoms with Crippen molar-refractivity contribution in [2.45, 2.75) is 0 Å². The van der Waals surface area contributed by atoms with Crippen molar-refractivity contribution in [3.63, 3.8) is 0 Å². The Morgan fingerprint density at radius 3 is 2.30 bits per heavy atom. The third-order valence-corrected chi connectivity index (χ3v) is 4.89. The maximum Gasteiger partial charge on any atom is 0.274 e. The fourth-order valence-electron chi connectivity index (χ4n) is 1.90. The number of rotatable bonds is 5. The molecule has 23 heavy (non-hydrogen) atoms. The summed E-state index contributed by atoms with van der Waals surface area (Å²) in [7, 11) is 0. The Morgan fingerprint density at radius 1 is 0.913 bits per heavy atom. The number of fused-ring (bicyclic) bond motifs is 1. The zero-order valence-corrected chi connectivity index (χ0v) is 15.3. The monoisotopic (exact) mass is 407 g/mol. The highest BCUT2D eigenvalue weighted by Gasteiger charge is 2.10. The Kier molecular flexibility index (Phi) is 5.39. The second-order valence-corrected chi connectivity index (χ2v) is 7.11. The second-order valence-electron chi connectivity index (χ2n) is 4.46. The molecular weight excluding hydrogens is 400 g/mol. The molecule has 0 N–H and O–H groups in total. The summed E-state index contributed by atoms with van der Waals surface area (Å²) in [5, 5.41) is 2.30. The second kappa shape index (κ2) is 7.32. The van der Waals surface area contributed by atoms with Crippen LogP contribution in [0.3, 0.4) is 0 Å². The van der Waals surface area contributed by atoms with Crippen LogP contribution in [0.5, 0.6) is 10.9 Å². The van der Waals surface area contributed by atoms with Crippen LogP contribution in [0.15, 0.2) is 30.3 Å². The molecule has 8 heteroatoms. The molecule has 0 bridgehead atoms. The first-order valence-corrected chi connectivity index (χ1v) is 8.82. The average molecular weight is 409 g/mol. The molecule has 0 unspecified atom stereocenters. The Balaban J connectivity index is 1.60. The predicted octanol–water partition coefficient (Wildman–Crippen LogP) is 6.37. The van der Waals surface area contributed by atoms with Crippen molar-refractivity contribution in [1.82, 2.24) is 4.98 Å². The Morgan fingerprint density at radius 2 is 1.61 bits per heavy atom. The van der Waals surface area contributed by atoms with E-state index in [1.807, 2.05) is 12.1 Å². The molecule has 0 atom stereocenters. The number of nitrogens with zero attached hydrogens (tertiary/aromatic N) is 1. The van der Waals surface area contributed by atoms with Crippen LogP contribution in [0, 0.1) is 0 Å². The quantitative estimate of drug-likeness (QED) is 0.459. The number of halogens is 4. The van der Waals surface area contributed by atoms with Gasteiger partial charge in [-0.25, -0.2) is 4.98 Å². The van der Waals surface area contributed by atoms with Crippen LogP contribution < -0.4 is 9.47 Å². The number of thiazole rings is 1. The normalized spacial score (nSPS) is 11.0. The smallest absolute Gasteiger partial charge is 0.274 e. The predicted molar refractivity (Wildman–Crippen MR) is 97.1 cm³/mol. The molecule has 3 nitrogen and oxygen atoms in total. The molecule has 3 aromatic rings. The van der Waals surface area contributed by atoms with Crippen LogP contribution in [0.2, 0.25) is 20.1 Å². The first-order chi connectivity index (χ1) is 11.0. The molecule has 3 rings (SSSR count). The van der Waals surface area contributed by atoms with E-state index in [0.717, 1.165) is 10.2 Å². The molecular formula is C15H9Cl4NO2S. The SMILES string of the molecule is Clc1cc(Cl)c(OCCOc2nc3c(Cl)cccc3s2)c(Cl)c1. The minimum atomic E-state index is 0.269. The van der Waals surface area contributed by atoms with Gasteiger partial charge in [-0.15, -0.1) is 0 Å². The lowest BCUT2D eigenvalue weighted by Crippen LogP contribution is -2.09. The lowest BCUT2D eigenvalue weighted by atomic mass is 10.3. The molecule has 0 amide bonds. The summed E-state index contributed by atoms with van der Waals surface area (Å²) in [4.78, 5) is 4.34. The first kappa shape index (κ1) is 16.9. The van der Waals surface area contributed by atoms with E-state index >= 15 is 0 Å². The van der Waals surface area contributed by atoms with Crippen LogP contribution in [0.25, 0.3) is 10.2 Å². The van der Waals surface area contributed by atoms with Crippen molar-refractivity contribution in [3.8, 4) is 10.9 Å². The molecule has 120 valence electrons. The summed E-state index contributed by atoms with van der Waals surface area (Å²) in [6.45, 7) is 0.567. The molecule has 0 aliphatic rings. The van der Waals surface area contributed by atoms with Gasteiger partial charge in [0.05, 0.1) is 19.8 Å². The number of hydrogen-bond donors (Lipinski definition) is 0. The summed E-state index contributed by atoms with van der Waals surface area (Å²) in [6.07, 6.45) is 0. The van der Waals surface area contributed by atoms with Crippen molar-refractivity contribution >= 4 is 68.0 Å². The van der Waals surface area contributed by atoms with E-state index in [9.17, 15) is 0 Å². The van der Waals surface area contributed by atoms with Gasteiger partial charge in [0.25, 0.3) is 5.19 Å². The van der Waals surface area contributed by atoms with Crippen LogP contribution in [-0.4, -0.2) is 18.2 Å². The van der Waals surface area contributed by atoms with Crippen molar-refractivity contribution < 1.29 is 9.47 Å². The molecule has 0 spiro atoms. The number of para-hydroxylation sites is 1. The van der Waals surface area contributed by atoms with Crippen molar-refractivity contribution in [3.05, 3.63) is 50.4 Å². The highest BCUT2D eigenvalue weighted by molar-refractivity contribution is 7.20. The van der Waals surface area contributed by atoms with Crippen molar-refractivity contribution in [2.24, 2.45) is 0 Å². The third-order valence-electron chi connectivity index (χ3n) is 2.87. The van der Waals surface area contributed by atoms with Gasteiger partial charge in [-0.3, -0.25) is 0 Å². The Bertz CT molecular complexity index is 830. The minimum Gasteiger partial charge on any atom is -0.487 e. The van der Waals surface area contributed by atoms with E-state index in [1.165, 1.54) is 11.3 Å². The molecule has 2 aromatic carbocycles. The van der Waals surface area contributed by atoms with Crippen molar-refractivity contribution in [1.29, 1.82) is 0 Å². The van der Waals surface area contributed by atoms with Crippen LogP contribution in [-0.2, 0) is 0 Å². The van der Waals surface area contributed by atoms with Gasteiger partial charge in [0.15, 0.2) is 5.75 Å². The summed E-state index contributed by atoms with van der Waals surface area (Å²) >= 11 is 25.4. The van der Waals surface area contributed by atoms with Crippen molar-refractivity contribution in [2.75, 3.05) is 13.2 Å². The lowest BCUT2D eigenvalue weighted by Gasteiger charge is -2.10. The van der Waals surface area contributed by atoms with Gasteiger partial charge in [0.2, 0.25) is 0 Å². The van der Waals surface area contributed by atoms with Gasteiger partial charge in [-0.1, -0.05) is 63.8 Å². The summed E-state index contributed by atoms with van der Waals surface area (Å²) in [5.74, 6) is 0.383. The highest BCUT2D eigenvalue weighted by Crippen LogP contribution is 2.36. The van der Waals surface area contributed by atoms with Gasteiger partial charge in [0, 0.05) is 5.02 Å². The first-order valence-electron chi connectivity index (χ1n) is 6.50. The van der Waals surface area contributed by atoms with Gasteiger partial charge < -0.3 is 9.47 Å². The third kappa shape index (κ3) is 3.95. The van der Waals surface area contributed by atoms with Crippen LogP contribution >= 0.6 is 57.7 Å². The summed E-state index contributed by atoms with van der Waals surface area (Å²) < 4.78 is 12.1. The topological polar surface area (TPSA) is 31.4 Å². The number of aromatic nitrogens is 1. The molecule has 0 fully saturated rings. The fourth-order valence-corrected chi connectivity index (χ4v) is 3.96. The zero-order valence-electron chi connectivity index (χ0n) is 11.5. The highest BCUT2D eigenvalue weighted by atomic mass is 35.5. The maximum atomic E-state index is 6.08. The lowest BCUT2D eigenvalue weighted by molar-refractivity contribution is 0.217. The minimum absolute atomic E-state index is 0.269. The van der Waals surface area contributed by atoms with Gasteiger partial charge in [0.1, 0.15) is 18.7 Å². The maximum absolute atomic E-state index is 6.08. The van der Waals surface area contributed by atoms with Crippen LogP contribution in [0.1, 0.15) is 0 Å². The molecule has 1 aromatic heterocycles. The standard InChI is InChI=1S/C15H9Cl4NO2S/c16-8-6-10(18)14(11(19)7-8)21-4-5-22-15-20-13-9(17)2-1-3-12(13)23-15/h1-3,6-7H,4-5H2. The fraction of sp³-hybridized carbons (Fsp3) is 0.133. The van der Waals surface area contributed by atoms with E-state index in [-0.39, 0.29) is 6.61 Å². The summed E-state index contributed by atoms with van der Waals surface area (Å²) in [6, 6.07) is 8.75. The number of benzene rings is 2. The van der Waals surface area contributed by atoms with E-state index < -0.39 is 0 Å². The number of ether oxygens (including phenoxy) is 2. The molecule has 0 saturated carbocycles. The number of hydrogen-bond acceptors (Lipinski definition) is 4. The van der Waals surface area contributed by atoms with E-state index in [0.29, 0.717) is 37.6 Å². The molecule has 0 radical (unpaired) electrons. The van der Waals surface area contributed by atoms with E-state index in [1.54, 1.807) is 18.2 Å². The van der Waals surface area contributed by atoms with E-state index in [2.05, 4.69) is 4.98 Å². The average Bonchev–Trinajstić information content (AvgIpc) is 2.90. The zero-order chi connectivity index (χ0) is 16.4. The van der Waals surface area contributed by atoms with Gasteiger partial charge >= 0.3 is 0 Å². The molecule has 0 saturated heterocycles. The Labute approximate surface area is 156 Å². The molecule has 0 aliphatic heterocycles. The van der Waals surface area contributed by atoms with Gasteiger partial charge in [-0.05, 0) is 24.3 Å². The molecule has 1 heterocycles. The van der Waals surface area contributed by atoms with Gasteiger partial charge in [-0.2, -0.15) is 0 Å².